The normalized spacial score (nSPS) is 30.7. The van der Waals surface area contributed by atoms with Crippen molar-refractivity contribution in [1.29, 1.82) is 0 Å². The molecule has 4 nitrogen and oxygen atoms in total. The zero-order valence-corrected chi connectivity index (χ0v) is 15.8. The van der Waals surface area contributed by atoms with Crippen LogP contribution in [-0.2, 0) is 4.74 Å². The first-order valence-corrected chi connectivity index (χ1v) is 10.3. The summed E-state index contributed by atoms with van der Waals surface area (Å²) in [4.78, 5) is 2.57. The molecule has 2 fully saturated rings. The molecule has 1 aliphatic carbocycles. The predicted molar refractivity (Wildman–Crippen MR) is 107 cm³/mol. The number of fused-ring (bicyclic) bond motifs is 2. The van der Waals surface area contributed by atoms with Gasteiger partial charge in [0.05, 0.1) is 19.3 Å². The maximum Gasteiger partial charge on any atom is 0.168 e. The van der Waals surface area contributed by atoms with Crippen molar-refractivity contribution >= 4 is 5.69 Å². The molecule has 4 heteroatoms. The number of nitrogens with one attached hydrogen (secondary N) is 1. The van der Waals surface area contributed by atoms with E-state index in [9.17, 15) is 0 Å². The van der Waals surface area contributed by atoms with Gasteiger partial charge < -0.3 is 14.8 Å². The van der Waals surface area contributed by atoms with Crippen molar-refractivity contribution < 1.29 is 9.47 Å². The number of hydrogen-bond donors (Lipinski definition) is 1. The fourth-order valence-electron chi connectivity index (χ4n) is 5.24. The molecule has 0 spiro atoms. The Labute approximate surface area is 161 Å². The quantitative estimate of drug-likeness (QED) is 0.872. The van der Waals surface area contributed by atoms with Crippen LogP contribution in [-0.4, -0.2) is 36.9 Å². The molecule has 27 heavy (non-hydrogen) atoms. The van der Waals surface area contributed by atoms with Gasteiger partial charge in [0, 0.05) is 36.7 Å². The van der Waals surface area contributed by atoms with Crippen molar-refractivity contribution in [3.63, 3.8) is 0 Å². The molecule has 2 aromatic rings. The summed E-state index contributed by atoms with van der Waals surface area (Å²) < 4.78 is 12.5. The van der Waals surface area contributed by atoms with Crippen molar-refractivity contribution in [2.45, 2.75) is 37.5 Å². The summed E-state index contributed by atoms with van der Waals surface area (Å²) in [6.45, 7) is 3.51. The Kier molecular flexibility index (Phi) is 4.54. The molecule has 3 atom stereocenters. The Morgan fingerprint density at radius 1 is 0.926 bits per heavy atom. The highest BCUT2D eigenvalue weighted by Gasteiger charge is 2.54. The number of morpholine rings is 1. The minimum absolute atomic E-state index is 0.219. The number of nitrogens with zero attached hydrogens (tertiary/aromatic N) is 1. The van der Waals surface area contributed by atoms with E-state index in [1.54, 1.807) is 0 Å². The van der Waals surface area contributed by atoms with Crippen LogP contribution in [0.1, 0.15) is 37.3 Å². The third kappa shape index (κ3) is 3.01. The summed E-state index contributed by atoms with van der Waals surface area (Å²) in [6, 6.07) is 19.5. The lowest BCUT2D eigenvalue weighted by Gasteiger charge is -2.56. The molecule has 2 aromatic carbocycles. The number of rotatable bonds is 3. The zero-order chi connectivity index (χ0) is 18.1. The van der Waals surface area contributed by atoms with Gasteiger partial charge in [-0.15, -0.1) is 0 Å². The van der Waals surface area contributed by atoms with E-state index < -0.39 is 0 Å². The standard InChI is InChI=1S/C23H28N2O2/c1-2-8-18(9-3-1)24-22-19-10-4-5-12-21(19)27-23(13-7-6-11-20(22)23)25-14-16-26-17-15-25/h1-5,8-10,12,20,22,24H,6-7,11,13-17H2. The van der Waals surface area contributed by atoms with Crippen LogP contribution in [0.15, 0.2) is 54.6 Å². The number of ether oxygens (including phenoxy) is 2. The van der Waals surface area contributed by atoms with Crippen LogP contribution in [0.4, 0.5) is 5.69 Å². The van der Waals surface area contributed by atoms with Crippen LogP contribution in [0.5, 0.6) is 5.75 Å². The lowest BCUT2D eigenvalue weighted by atomic mass is 9.71. The predicted octanol–water partition coefficient (Wildman–Crippen LogP) is 4.45. The monoisotopic (exact) mass is 364 g/mol. The fourth-order valence-corrected chi connectivity index (χ4v) is 5.24. The van der Waals surface area contributed by atoms with E-state index in [4.69, 9.17) is 9.47 Å². The average Bonchev–Trinajstić information content (AvgIpc) is 2.75. The first-order chi connectivity index (χ1) is 13.4. The number of para-hydroxylation sites is 2. The van der Waals surface area contributed by atoms with Gasteiger partial charge in [-0.05, 0) is 31.0 Å². The minimum atomic E-state index is -0.219. The van der Waals surface area contributed by atoms with Crippen LogP contribution in [0.3, 0.4) is 0 Å². The number of hydrogen-bond acceptors (Lipinski definition) is 4. The van der Waals surface area contributed by atoms with E-state index in [-0.39, 0.29) is 11.8 Å². The van der Waals surface area contributed by atoms with Crippen LogP contribution in [0.2, 0.25) is 0 Å². The lowest BCUT2D eigenvalue weighted by molar-refractivity contribution is -0.184. The molecule has 142 valence electrons. The average molecular weight is 364 g/mol. The molecule has 5 rings (SSSR count). The molecule has 2 heterocycles. The third-order valence-corrected chi connectivity index (χ3v) is 6.46. The molecule has 0 amide bonds. The van der Waals surface area contributed by atoms with Gasteiger partial charge in [-0.3, -0.25) is 4.90 Å². The molecule has 0 radical (unpaired) electrons. The molecule has 0 aromatic heterocycles. The van der Waals surface area contributed by atoms with Gasteiger partial charge in [0.2, 0.25) is 0 Å². The van der Waals surface area contributed by atoms with E-state index in [1.165, 1.54) is 30.5 Å². The van der Waals surface area contributed by atoms with Crippen LogP contribution in [0.25, 0.3) is 0 Å². The molecular formula is C23H28N2O2. The van der Waals surface area contributed by atoms with Crippen molar-refractivity contribution in [2.75, 3.05) is 31.6 Å². The largest absolute Gasteiger partial charge is 0.472 e. The Hall–Kier alpha value is -2.04. The molecular weight excluding hydrogens is 336 g/mol. The van der Waals surface area contributed by atoms with Gasteiger partial charge in [0.1, 0.15) is 5.75 Å². The van der Waals surface area contributed by atoms with Gasteiger partial charge in [-0.2, -0.15) is 0 Å². The molecule has 1 saturated heterocycles. The Bertz CT molecular complexity index is 775. The summed E-state index contributed by atoms with van der Waals surface area (Å²) in [5, 5.41) is 3.86. The Balaban J connectivity index is 1.57. The Morgan fingerprint density at radius 2 is 1.70 bits per heavy atom. The minimum Gasteiger partial charge on any atom is -0.472 e. The lowest BCUT2D eigenvalue weighted by Crippen LogP contribution is -2.65. The van der Waals surface area contributed by atoms with Crippen LogP contribution in [0, 0.1) is 5.92 Å². The SMILES string of the molecule is c1ccc(NC2c3ccccc3OC3(N4CCOCC4)CCCCC23)cc1. The van der Waals surface area contributed by atoms with Crippen molar-refractivity contribution in [1.82, 2.24) is 4.90 Å². The maximum atomic E-state index is 6.86. The van der Waals surface area contributed by atoms with Crippen molar-refractivity contribution in [3.8, 4) is 5.75 Å². The molecule has 2 aliphatic heterocycles. The molecule has 3 aliphatic rings. The van der Waals surface area contributed by atoms with Crippen LogP contribution >= 0.6 is 0 Å². The first-order valence-electron chi connectivity index (χ1n) is 10.3. The summed E-state index contributed by atoms with van der Waals surface area (Å²) in [7, 11) is 0. The number of anilines is 1. The van der Waals surface area contributed by atoms with E-state index in [1.807, 2.05) is 0 Å². The Morgan fingerprint density at radius 3 is 2.56 bits per heavy atom. The van der Waals surface area contributed by atoms with E-state index in [0.717, 1.165) is 38.5 Å². The molecule has 1 saturated carbocycles. The summed E-state index contributed by atoms with van der Waals surface area (Å²) in [6.07, 6.45) is 4.79. The second-order valence-corrected chi connectivity index (χ2v) is 7.92. The van der Waals surface area contributed by atoms with E-state index in [0.29, 0.717) is 5.92 Å². The highest BCUT2D eigenvalue weighted by molar-refractivity contribution is 5.50. The fraction of sp³-hybridized carbons (Fsp3) is 0.478. The third-order valence-electron chi connectivity index (χ3n) is 6.46. The van der Waals surface area contributed by atoms with Crippen molar-refractivity contribution in [2.24, 2.45) is 5.92 Å². The summed E-state index contributed by atoms with van der Waals surface area (Å²) >= 11 is 0. The summed E-state index contributed by atoms with van der Waals surface area (Å²) in [5.41, 5.74) is 2.25. The maximum absolute atomic E-state index is 6.86. The second-order valence-electron chi connectivity index (χ2n) is 7.92. The molecule has 0 bridgehead atoms. The van der Waals surface area contributed by atoms with Crippen LogP contribution < -0.4 is 10.1 Å². The second kappa shape index (κ2) is 7.17. The highest BCUT2D eigenvalue weighted by Crippen LogP contribution is 2.52. The van der Waals surface area contributed by atoms with E-state index in [2.05, 4.69) is 64.8 Å². The van der Waals surface area contributed by atoms with Crippen molar-refractivity contribution in [3.05, 3.63) is 60.2 Å². The summed E-state index contributed by atoms with van der Waals surface area (Å²) in [5.74, 6) is 1.47. The number of benzene rings is 2. The zero-order valence-electron chi connectivity index (χ0n) is 15.8. The molecule has 3 unspecified atom stereocenters. The van der Waals surface area contributed by atoms with Gasteiger partial charge in [-0.25, -0.2) is 0 Å². The molecule has 1 N–H and O–H groups in total. The van der Waals surface area contributed by atoms with Gasteiger partial charge in [0.25, 0.3) is 0 Å². The van der Waals surface area contributed by atoms with Gasteiger partial charge in [-0.1, -0.05) is 42.8 Å². The topological polar surface area (TPSA) is 33.7 Å². The highest BCUT2D eigenvalue weighted by atomic mass is 16.5. The van der Waals surface area contributed by atoms with Gasteiger partial charge >= 0.3 is 0 Å². The smallest absolute Gasteiger partial charge is 0.168 e. The first kappa shape index (κ1) is 17.1. The van der Waals surface area contributed by atoms with E-state index >= 15 is 0 Å². The van der Waals surface area contributed by atoms with Gasteiger partial charge in [0.15, 0.2) is 5.72 Å².